The molecule has 0 aliphatic carbocycles. The highest BCUT2D eigenvalue weighted by atomic mass is 14.7. The van der Waals surface area contributed by atoms with Crippen molar-refractivity contribution < 1.29 is 0 Å². The Morgan fingerprint density at radius 2 is 0.929 bits per heavy atom. The van der Waals surface area contributed by atoms with Crippen LogP contribution in [0, 0.1) is 0 Å². The van der Waals surface area contributed by atoms with Crippen molar-refractivity contribution in [1.82, 2.24) is 9.97 Å². The van der Waals surface area contributed by atoms with Gasteiger partial charge in [0.2, 0.25) is 0 Å². The lowest BCUT2D eigenvalue weighted by molar-refractivity contribution is 1.30. The Morgan fingerprint density at radius 3 is 1.57 bits per heavy atom. The first-order valence-electron chi connectivity index (χ1n) is 14.2. The van der Waals surface area contributed by atoms with E-state index in [9.17, 15) is 0 Å². The van der Waals surface area contributed by atoms with Gasteiger partial charge < -0.3 is 0 Å². The minimum Gasteiger partial charge on any atom is -0.265 e. The summed E-state index contributed by atoms with van der Waals surface area (Å²) in [5.41, 5.74) is 9.20. The quantitative estimate of drug-likeness (QED) is 0.210. The average Bonchev–Trinajstić information content (AvgIpc) is 3.07. The maximum Gasteiger partial charge on any atom is 0.0702 e. The first-order chi connectivity index (χ1) is 20.8. The van der Waals surface area contributed by atoms with Gasteiger partial charge in [-0.25, -0.2) is 0 Å². The van der Waals surface area contributed by atoms with Gasteiger partial charge in [-0.15, -0.1) is 0 Å². The third kappa shape index (κ3) is 4.13. The van der Waals surface area contributed by atoms with E-state index >= 15 is 0 Å². The monoisotopic (exact) mass is 534 g/mol. The van der Waals surface area contributed by atoms with E-state index in [1.54, 1.807) is 0 Å². The molecule has 0 spiro atoms. The lowest BCUT2D eigenvalue weighted by Gasteiger charge is -2.18. The van der Waals surface area contributed by atoms with Gasteiger partial charge in [0.25, 0.3) is 0 Å². The van der Waals surface area contributed by atoms with E-state index in [2.05, 4.69) is 132 Å². The molecule has 6 aromatic carbocycles. The highest BCUT2D eigenvalue weighted by Crippen LogP contribution is 2.44. The van der Waals surface area contributed by atoms with Gasteiger partial charge in [0.1, 0.15) is 0 Å². The topological polar surface area (TPSA) is 25.8 Å². The summed E-state index contributed by atoms with van der Waals surface area (Å²) in [5, 5.41) is 7.52. The van der Waals surface area contributed by atoms with Crippen LogP contribution in [-0.4, -0.2) is 9.97 Å². The third-order valence-corrected chi connectivity index (χ3v) is 8.19. The van der Waals surface area contributed by atoms with Crippen LogP contribution in [0.4, 0.5) is 0 Å². The summed E-state index contributed by atoms with van der Waals surface area (Å²) in [4.78, 5) is 8.97. The molecule has 0 aliphatic heterocycles. The largest absolute Gasteiger partial charge is 0.265 e. The molecule has 0 aliphatic rings. The van der Waals surface area contributed by atoms with E-state index in [0.717, 1.165) is 22.4 Å². The molecule has 0 N–H and O–H groups in total. The van der Waals surface area contributed by atoms with Crippen molar-refractivity contribution in [2.24, 2.45) is 0 Å². The fraction of sp³-hybridized carbons (Fsp3) is 0. The number of hydrogen-bond acceptors (Lipinski definition) is 2. The van der Waals surface area contributed by atoms with E-state index in [1.807, 2.05) is 30.7 Å². The van der Waals surface area contributed by atoms with Crippen LogP contribution in [0.5, 0.6) is 0 Å². The summed E-state index contributed by atoms with van der Waals surface area (Å²) in [7, 11) is 0. The predicted octanol–water partition coefficient (Wildman–Crippen LogP) is 10.6. The molecule has 0 saturated heterocycles. The number of nitrogens with zero attached hydrogens (tertiary/aromatic N) is 2. The first kappa shape index (κ1) is 24.2. The van der Waals surface area contributed by atoms with Gasteiger partial charge in [-0.05, 0) is 90.5 Å². The molecule has 0 unspecified atom stereocenters. The Balaban J connectivity index is 1.32. The molecule has 196 valence electrons. The zero-order valence-corrected chi connectivity index (χ0v) is 22.9. The third-order valence-electron chi connectivity index (χ3n) is 8.19. The summed E-state index contributed by atoms with van der Waals surface area (Å²) in [5.74, 6) is 0. The first-order valence-corrected chi connectivity index (χ1v) is 14.2. The number of pyridine rings is 2. The van der Waals surface area contributed by atoms with Crippen molar-refractivity contribution in [3.8, 4) is 44.6 Å². The Labute approximate surface area is 244 Å². The van der Waals surface area contributed by atoms with E-state index in [0.29, 0.717) is 0 Å². The molecule has 8 aromatic rings. The van der Waals surface area contributed by atoms with Crippen LogP contribution in [0.1, 0.15) is 0 Å². The zero-order chi connectivity index (χ0) is 27.9. The predicted molar refractivity (Wildman–Crippen MR) is 176 cm³/mol. The maximum absolute atomic E-state index is 4.84. The highest BCUT2D eigenvalue weighted by molar-refractivity contribution is 6.21. The molecule has 0 saturated carbocycles. The molecule has 0 amide bonds. The summed E-state index contributed by atoms with van der Waals surface area (Å²) < 4.78 is 0. The van der Waals surface area contributed by atoms with Crippen molar-refractivity contribution in [1.29, 1.82) is 0 Å². The molecular formula is C40H26N2. The molecule has 8 rings (SSSR count). The zero-order valence-electron chi connectivity index (χ0n) is 22.9. The van der Waals surface area contributed by atoms with Gasteiger partial charge in [-0.3, -0.25) is 9.97 Å². The van der Waals surface area contributed by atoms with Crippen molar-refractivity contribution in [2.45, 2.75) is 0 Å². The lowest BCUT2D eigenvalue weighted by Crippen LogP contribution is -1.92. The van der Waals surface area contributed by atoms with Gasteiger partial charge in [-0.1, -0.05) is 109 Å². The second-order valence-corrected chi connectivity index (χ2v) is 10.7. The van der Waals surface area contributed by atoms with Crippen LogP contribution in [-0.2, 0) is 0 Å². The fourth-order valence-corrected chi connectivity index (χ4v) is 6.21. The average molecular weight is 535 g/mol. The molecule has 0 radical (unpaired) electrons. The van der Waals surface area contributed by atoms with E-state index < -0.39 is 0 Å². The van der Waals surface area contributed by atoms with E-state index in [4.69, 9.17) is 4.98 Å². The summed E-state index contributed by atoms with van der Waals surface area (Å²) >= 11 is 0. The Bertz CT molecular complexity index is 2180. The van der Waals surface area contributed by atoms with E-state index in [1.165, 1.54) is 54.6 Å². The summed E-state index contributed by atoms with van der Waals surface area (Å²) in [6.07, 6.45) is 5.57. The second kappa shape index (κ2) is 10.1. The fourth-order valence-electron chi connectivity index (χ4n) is 6.21. The Morgan fingerprint density at radius 1 is 0.357 bits per heavy atom. The van der Waals surface area contributed by atoms with Gasteiger partial charge in [0.15, 0.2) is 0 Å². The highest BCUT2D eigenvalue weighted by Gasteiger charge is 2.17. The molecule has 0 fully saturated rings. The number of fused-ring (bicyclic) bond motifs is 3. The van der Waals surface area contributed by atoms with Crippen LogP contribution in [0.2, 0.25) is 0 Å². The summed E-state index contributed by atoms with van der Waals surface area (Å²) in [6, 6.07) is 50.1. The minimum atomic E-state index is 0.955. The molecule has 2 heterocycles. The van der Waals surface area contributed by atoms with Crippen LogP contribution < -0.4 is 0 Å². The second-order valence-electron chi connectivity index (χ2n) is 10.7. The number of aromatic nitrogens is 2. The van der Waals surface area contributed by atoms with Crippen LogP contribution in [0.3, 0.4) is 0 Å². The molecule has 0 atom stereocenters. The molecule has 0 bridgehead atoms. The van der Waals surface area contributed by atoms with Crippen molar-refractivity contribution in [3.63, 3.8) is 0 Å². The Kier molecular flexibility index (Phi) is 5.82. The smallest absolute Gasteiger partial charge is 0.0702 e. The number of benzene rings is 6. The molecule has 2 aromatic heterocycles. The van der Waals surface area contributed by atoms with E-state index in [-0.39, 0.29) is 0 Å². The number of rotatable bonds is 4. The van der Waals surface area contributed by atoms with Gasteiger partial charge in [-0.2, -0.15) is 0 Å². The number of hydrogen-bond donors (Lipinski definition) is 0. The maximum atomic E-state index is 4.84. The molecule has 42 heavy (non-hydrogen) atoms. The van der Waals surface area contributed by atoms with Crippen molar-refractivity contribution >= 4 is 32.3 Å². The molecular weight excluding hydrogens is 508 g/mol. The Hall–Kier alpha value is -5.60. The summed E-state index contributed by atoms with van der Waals surface area (Å²) in [6.45, 7) is 0. The van der Waals surface area contributed by atoms with Crippen LogP contribution in [0.15, 0.2) is 158 Å². The molecule has 2 heteroatoms. The minimum absolute atomic E-state index is 0.955. The van der Waals surface area contributed by atoms with Crippen LogP contribution in [0.25, 0.3) is 77.0 Å². The van der Waals surface area contributed by atoms with Gasteiger partial charge >= 0.3 is 0 Å². The normalized spacial score (nSPS) is 11.3. The lowest BCUT2D eigenvalue weighted by atomic mass is 9.85. The molecule has 2 nitrogen and oxygen atoms in total. The van der Waals surface area contributed by atoms with Crippen molar-refractivity contribution in [2.75, 3.05) is 0 Å². The van der Waals surface area contributed by atoms with Crippen molar-refractivity contribution in [3.05, 3.63) is 158 Å². The SMILES string of the molecule is c1cc(-c2ccc(-c3ccncc3)cn2)cc(-c2c3ccccc3c(-c3ccc4ccccc4c3)c3ccccc23)c1. The van der Waals surface area contributed by atoms with Crippen LogP contribution >= 0.6 is 0 Å². The van der Waals surface area contributed by atoms with Gasteiger partial charge in [0.05, 0.1) is 5.69 Å². The van der Waals surface area contributed by atoms with Gasteiger partial charge in [0, 0.05) is 29.7 Å². The standard InChI is InChI=1S/C40H26N2/c1-2-9-29-24-32(17-16-27(29)8-1)40-36-14-5-3-12-34(36)39(35-13-4-6-15-37(35)40)31-11-7-10-30(25-31)38-19-18-33(26-42-38)28-20-22-41-23-21-28/h1-26H.